The van der Waals surface area contributed by atoms with E-state index < -0.39 is 0 Å². The highest BCUT2D eigenvalue weighted by molar-refractivity contribution is 5.77. The molecule has 0 saturated carbocycles. The third-order valence-corrected chi connectivity index (χ3v) is 2.99. The van der Waals surface area contributed by atoms with Gasteiger partial charge >= 0.3 is 0 Å². The topological polar surface area (TPSA) is 44.4 Å². The summed E-state index contributed by atoms with van der Waals surface area (Å²) in [5.74, 6) is 0.131. The molecule has 15 heavy (non-hydrogen) atoms. The largest absolute Gasteiger partial charge is 0.355 e. The van der Waals surface area contributed by atoms with Gasteiger partial charge in [0.2, 0.25) is 5.91 Å². The van der Waals surface area contributed by atoms with E-state index in [0.29, 0.717) is 18.6 Å². The molecular weight excluding hydrogens is 190 g/mol. The predicted octanol–water partition coefficient (Wildman–Crippen LogP) is 0.195. The number of likely N-dealkylation sites (N-methyl/N-ethyl adjacent to an activating group) is 2. The Kier molecular flexibility index (Phi) is 5.05. The summed E-state index contributed by atoms with van der Waals surface area (Å²) in [5, 5.41) is 6.25. The molecule has 1 amide bonds. The maximum Gasteiger partial charge on any atom is 0.234 e. The molecule has 1 saturated heterocycles. The molecule has 0 spiro atoms. The number of hydrogen-bond acceptors (Lipinski definition) is 3. The van der Waals surface area contributed by atoms with E-state index in [1.165, 1.54) is 0 Å². The number of amides is 1. The number of nitrogens with one attached hydrogen (secondary N) is 2. The molecule has 1 aliphatic heterocycles. The fourth-order valence-electron chi connectivity index (χ4n) is 2.11. The Hall–Kier alpha value is -0.610. The fraction of sp³-hybridized carbons (Fsp3) is 0.909. The number of piperidine rings is 1. The first-order valence-electron chi connectivity index (χ1n) is 5.83. The van der Waals surface area contributed by atoms with Crippen molar-refractivity contribution in [3.63, 3.8) is 0 Å². The molecular formula is C11H23N3O. The molecule has 1 aliphatic rings. The Bertz CT molecular complexity index is 208. The van der Waals surface area contributed by atoms with Crippen LogP contribution in [-0.4, -0.2) is 49.6 Å². The van der Waals surface area contributed by atoms with E-state index >= 15 is 0 Å². The Labute approximate surface area is 92.4 Å². The second-order valence-corrected chi connectivity index (χ2v) is 4.40. The van der Waals surface area contributed by atoms with Gasteiger partial charge in [-0.25, -0.2) is 0 Å². The van der Waals surface area contributed by atoms with Gasteiger partial charge in [0.1, 0.15) is 0 Å². The van der Waals surface area contributed by atoms with E-state index in [1.54, 1.807) is 0 Å². The molecule has 1 fully saturated rings. The minimum atomic E-state index is 0.131. The lowest BCUT2D eigenvalue weighted by molar-refractivity contribution is -0.122. The highest BCUT2D eigenvalue weighted by Gasteiger charge is 2.22. The zero-order valence-electron chi connectivity index (χ0n) is 10.0. The molecule has 0 bridgehead atoms. The molecule has 88 valence electrons. The molecule has 2 atom stereocenters. The van der Waals surface area contributed by atoms with Gasteiger partial charge in [-0.2, -0.15) is 0 Å². The smallest absolute Gasteiger partial charge is 0.234 e. The molecule has 2 N–H and O–H groups in total. The molecule has 0 radical (unpaired) electrons. The third kappa shape index (κ3) is 4.18. The Morgan fingerprint density at radius 1 is 1.60 bits per heavy atom. The number of carbonyl (C=O) groups excluding carboxylic acids is 1. The van der Waals surface area contributed by atoms with Crippen LogP contribution in [0.4, 0.5) is 0 Å². The summed E-state index contributed by atoms with van der Waals surface area (Å²) < 4.78 is 0. The van der Waals surface area contributed by atoms with Crippen molar-refractivity contribution in [1.29, 1.82) is 0 Å². The van der Waals surface area contributed by atoms with E-state index in [-0.39, 0.29) is 5.91 Å². The SMILES string of the molecule is CCNC(=O)CN(C)C1CCNC(C)C1. The number of nitrogens with zero attached hydrogens (tertiary/aromatic N) is 1. The van der Waals surface area contributed by atoms with Crippen LogP contribution in [0, 0.1) is 0 Å². The van der Waals surface area contributed by atoms with Crippen LogP contribution in [0.1, 0.15) is 26.7 Å². The minimum Gasteiger partial charge on any atom is -0.355 e. The lowest BCUT2D eigenvalue weighted by Gasteiger charge is -2.34. The molecule has 2 unspecified atom stereocenters. The molecule has 1 rings (SSSR count). The normalized spacial score (nSPS) is 26.7. The monoisotopic (exact) mass is 213 g/mol. The second kappa shape index (κ2) is 6.08. The average molecular weight is 213 g/mol. The molecule has 1 heterocycles. The summed E-state index contributed by atoms with van der Waals surface area (Å²) in [4.78, 5) is 13.6. The average Bonchev–Trinajstić information content (AvgIpc) is 2.18. The quantitative estimate of drug-likeness (QED) is 0.701. The van der Waals surface area contributed by atoms with Gasteiger partial charge in [0.25, 0.3) is 0 Å². The summed E-state index contributed by atoms with van der Waals surface area (Å²) in [5.41, 5.74) is 0. The van der Waals surface area contributed by atoms with Crippen LogP contribution in [-0.2, 0) is 4.79 Å². The Balaban J connectivity index is 2.32. The predicted molar refractivity (Wildman–Crippen MR) is 61.8 cm³/mol. The van der Waals surface area contributed by atoms with Gasteiger partial charge in [-0.3, -0.25) is 9.69 Å². The van der Waals surface area contributed by atoms with Crippen molar-refractivity contribution in [2.45, 2.75) is 38.8 Å². The van der Waals surface area contributed by atoms with E-state index in [1.807, 2.05) is 14.0 Å². The first kappa shape index (κ1) is 12.5. The zero-order valence-corrected chi connectivity index (χ0v) is 10.0. The number of rotatable bonds is 4. The number of hydrogen-bond donors (Lipinski definition) is 2. The maximum atomic E-state index is 11.4. The van der Waals surface area contributed by atoms with Crippen molar-refractivity contribution < 1.29 is 4.79 Å². The molecule has 0 aliphatic carbocycles. The fourth-order valence-corrected chi connectivity index (χ4v) is 2.11. The van der Waals surface area contributed by atoms with Crippen molar-refractivity contribution in [2.75, 3.05) is 26.7 Å². The second-order valence-electron chi connectivity index (χ2n) is 4.40. The van der Waals surface area contributed by atoms with E-state index in [9.17, 15) is 4.79 Å². The Morgan fingerprint density at radius 2 is 2.33 bits per heavy atom. The van der Waals surface area contributed by atoms with Gasteiger partial charge in [-0.15, -0.1) is 0 Å². The van der Waals surface area contributed by atoms with Gasteiger partial charge in [0.05, 0.1) is 6.54 Å². The molecule has 4 heteroatoms. The van der Waals surface area contributed by atoms with Crippen LogP contribution in [0.5, 0.6) is 0 Å². The highest BCUT2D eigenvalue weighted by Crippen LogP contribution is 2.13. The van der Waals surface area contributed by atoms with Gasteiger partial charge < -0.3 is 10.6 Å². The van der Waals surface area contributed by atoms with Gasteiger partial charge in [-0.1, -0.05) is 0 Å². The van der Waals surface area contributed by atoms with Crippen molar-refractivity contribution >= 4 is 5.91 Å². The number of carbonyl (C=O) groups is 1. The van der Waals surface area contributed by atoms with Crippen molar-refractivity contribution in [2.24, 2.45) is 0 Å². The van der Waals surface area contributed by atoms with Crippen LogP contribution >= 0.6 is 0 Å². The van der Waals surface area contributed by atoms with Crippen LogP contribution in [0.2, 0.25) is 0 Å². The van der Waals surface area contributed by atoms with E-state index in [2.05, 4.69) is 22.5 Å². The summed E-state index contributed by atoms with van der Waals surface area (Å²) in [7, 11) is 2.04. The van der Waals surface area contributed by atoms with Crippen molar-refractivity contribution in [3.05, 3.63) is 0 Å². The van der Waals surface area contributed by atoms with Gasteiger partial charge in [-0.05, 0) is 40.3 Å². The third-order valence-electron chi connectivity index (χ3n) is 2.99. The summed E-state index contributed by atoms with van der Waals surface area (Å²) in [6.45, 7) is 6.45. The highest BCUT2D eigenvalue weighted by atomic mass is 16.2. The standard InChI is InChI=1S/C11H23N3O/c1-4-12-11(15)8-14(3)10-5-6-13-9(2)7-10/h9-10,13H,4-8H2,1-3H3,(H,12,15). The molecule has 0 aromatic carbocycles. The summed E-state index contributed by atoms with van der Waals surface area (Å²) in [6.07, 6.45) is 2.27. The maximum absolute atomic E-state index is 11.4. The van der Waals surface area contributed by atoms with Crippen molar-refractivity contribution in [1.82, 2.24) is 15.5 Å². The van der Waals surface area contributed by atoms with Crippen molar-refractivity contribution in [3.8, 4) is 0 Å². The van der Waals surface area contributed by atoms with Crippen LogP contribution in [0.25, 0.3) is 0 Å². The van der Waals surface area contributed by atoms with Crippen LogP contribution < -0.4 is 10.6 Å². The first-order chi connectivity index (χ1) is 7.13. The molecule has 0 aromatic heterocycles. The lowest BCUT2D eigenvalue weighted by Crippen LogP contribution is -2.48. The molecule has 0 aromatic rings. The van der Waals surface area contributed by atoms with E-state index in [4.69, 9.17) is 0 Å². The van der Waals surface area contributed by atoms with Gasteiger partial charge in [0.15, 0.2) is 0 Å². The summed E-state index contributed by atoms with van der Waals surface area (Å²) in [6, 6.07) is 1.12. The van der Waals surface area contributed by atoms with Crippen LogP contribution in [0.15, 0.2) is 0 Å². The minimum absolute atomic E-state index is 0.131. The van der Waals surface area contributed by atoms with Gasteiger partial charge in [0, 0.05) is 18.6 Å². The zero-order chi connectivity index (χ0) is 11.3. The first-order valence-corrected chi connectivity index (χ1v) is 5.83. The lowest BCUT2D eigenvalue weighted by atomic mass is 9.99. The van der Waals surface area contributed by atoms with E-state index in [0.717, 1.165) is 25.9 Å². The summed E-state index contributed by atoms with van der Waals surface area (Å²) >= 11 is 0. The molecule has 4 nitrogen and oxygen atoms in total. The Morgan fingerprint density at radius 3 is 2.93 bits per heavy atom. The van der Waals surface area contributed by atoms with Crippen LogP contribution in [0.3, 0.4) is 0 Å².